The van der Waals surface area contributed by atoms with E-state index < -0.39 is 30.2 Å². The van der Waals surface area contributed by atoms with E-state index in [1.807, 2.05) is 0 Å². The number of amides is 3. The lowest BCUT2D eigenvalue weighted by atomic mass is 10.1. The predicted molar refractivity (Wildman–Crippen MR) is 81.2 cm³/mol. The number of benzene rings is 2. The summed E-state index contributed by atoms with van der Waals surface area (Å²) < 4.78 is 0. The first-order chi connectivity index (χ1) is 11.5. The average Bonchev–Trinajstić information content (AvgIpc) is 2.80. The topological polar surface area (TPSA) is 107 Å². The molecule has 2 aromatic rings. The van der Waals surface area contributed by atoms with E-state index in [1.165, 1.54) is 36.4 Å². The summed E-state index contributed by atoms with van der Waals surface area (Å²) in [4.78, 5) is 48.1. The largest absolute Gasteiger partial charge is 0.545 e. The number of hydrogen-bond donors (Lipinski definition) is 1. The van der Waals surface area contributed by atoms with Crippen LogP contribution in [0.4, 0.5) is 5.69 Å². The van der Waals surface area contributed by atoms with Crippen molar-refractivity contribution >= 4 is 29.4 Å². The lowest BCUT2D eigenvalue weighted by molar-refractivity contribution is -0.255. The highest BCUT2D eigenvalue weighted by Crippen LogP contribution is 2.22. The molecule has 0 fully saturated rings. The smallest absolute Gasteiger partial charge is 0.262 e. The summed E-state index contributed by atoms with van der Waals surface area (Å²) in [6.45, 7) is -0.456. The predicted octanol–water partition coefficient (Wildman–Crippen LogP) is 0.285. The molecule has 0 saturated heterocycles. The number of nitrogens with one attached hydrogen (secondary N) is 1. The maximum atomic E-state index is 12.2. The van der Waals surface area contributed by atoms with Gasteiger partial charge >= 0.3 is 0 Å². The third-order valence-electron chi connectivity index (χ3n) is 3.56. The Morgan fingerprint density at radius 1 is 0.958 bits per heavy atom. The molecule has 120 valence electrons. The molecule has 0 atom stereocenters. The molecule has 0 saturated carbocycles. The van der Waals surface area contributed by atoms with E-state index in [0.717, 1.165) is 4.90 Å². The molecule has 0 aliphatic carbocycles. The lowest BCUT2D eigenvalue weighted by Gasteiger charge is -2.14. The second-order valence-corrected chi connectivity index (χ2v) is 5.16. The molecule has 0 unspecified atom stereocenters. The molecule has 2 aromatic carbocycles. The van der Waals surface area contributed by atoms with Crippen molar-refractivity contribution in [3.63, 3.8) is 0 Å². The van der Waals surface area contributed by atoms with Gasteiger partial charge in [-0.2, -0.15) is 0 Å². The van der Waals surface area contributed by atoms with Crippen LogP contribution in [0.2, 0.25) is 0 Å². The molecule has 7 heteroatoms. The highest BCUT2D eigenvalue weighted by Gasteiger charge is 2.36. The zero-order chi connectivity index (χ0) is 17.3. The van der Waals surface area contributed by atoms with Crippen molar-refractivity contribution in [1.82, 2.24) is 4.90 Å². The molecule has 0 bridgehead atoms. The van der Waals surface area contributed by atoms with Gasteiger partial charge in [0.1, 0.15) is 6.54 Å². The lowest BCUT2D eigenvalue weighted by Crippen LogP contribution is -2.37. The molecule has 1 aliphatic rings. The van der Waals surface area contributed by atoms with Crippen molar-refractivity contribution < 1.29 is 24.3 Å². The van der Waals surface area contributed by atoms with E-state index in [1.54, 1.807) is 12.1 Å². The highest BCUT2D eigenvalue weighted by atomic mass is 16.4. The summed E-state index contributed by atoms with van der Waals surface area (Å²) in [6.07, 6.45) is 0. The quantitative estimate of drug-likeness (QED) is 0.814. The molecule has 0 spiro atoms. The highest BCUT2D eigenvalue weighted by molar-refractivity contribution is 6.22. The minimum atomic E-state index is -1.37. The second-order valence-electron chi connectivity index (χ2n) is 5.16. The number of nitrogens with zero attached hydrogens (tertiary/aromatic N) is 1. The van der Waals surface area contributed by atoms with E-state index in [9.17, 15) is 24.3 Å². The van der Waals surface area contributed by atoms with Gasteiger partial charge in [-0.3, -0.25) is 19.3 Å². The molecular formula is C17H11N2O5-. The summed E-state index contributed by atoms with van der Waals surface area (Å²) >= 11 is 0. The van der Waals surface area contributed by atoms with Gasteiger partial charge in [0.05, 0.1) is 17.1 Å². The Labute approximate surface area is 136 Å². The fraction of sp³-hybridized carbons (Fsp3) is 0.0588. The molecule has 3 rings (SSSR count). The SMILES string of the molecule is O=C(CN1C(=O)c2ccccc2C1=O)Nc1cccc(C(=O)[O-])c1. The minimum absolute atomic E-state index is 0.0893. The van der Waals surface area contributed by atoms with E-state index >= 15 is 0 Å². The van der Waals surface area contributed by atoms with Gasteiger partial charge in [0.2, 0.25) is 5.91 Å². The Kier molecular flexibility index (Phi) is 3.83. The average molecular weight is 323 g/mol. The Bertz CT molecular complexity index is 840. The molecule has 1 heterocycles. The fourth-order valence-corrected chi connectivity index (χ4v) is 2.45. The standard InChI is InChI=1S/C17H12N2O5/c20-14(18-11-5-3-4-10(8-11)17(23)24)9-19-15(21)12-6-1-2-7-13(12)16(19)22/h1-8H,9H2,(H,18,20)(H,23,24)/p-1. The van der Waals surface area contributed by atoms with Crippen LogP contribution in [0.1, 0.15) is 31.1 Å². The molecule has 0 radical (unpaired) electrons. The summed E-state index contributed by atoms with van der Waals surface area (Å²) in [7, 11) is 0. The van der Waals surface area contributed by atoms with Gasteiger partial charge in [-0.05, 0) is 29.8 Å². The van der Waals surface area contributed by atoms with Crippen LogP contribution in [-0.2, 0) is 4.79 Å². The number of aromatic carboxylic acids is 1. The van der Waals surface area contributed by atoms with Gasteiger partial charge < -0.3 is 15.2 Å². The van der Waals surface area contributed by atoms with Crippen molar-refractivity contribution in [2.45, 2.75) is 0 Å². The fourth-order valence-electron chi connectivity index (χ4n) is 2.45. The van der Waals surface area contributed by atoms with E-state index in [-0.39, 0.29) is 22.4 Å². The van der Waals surface area contributed by atoms with Crippen LogP contribution in [0.15, 0.2) is 48.5 Å². The number of anilines is 1. The van der Waals surface area contributed by atoms with Crippen LogP contribution >= 0.6 is 0 Å². The molecule has 0 aromatic heterocycles. The van der Waals surface area contributed by atoms with Crippen molar-refractivity contribution in [3.8, 4) is 0 Å². The first-order valence-electron chi connectivity index (χ1n) is 7.04. The summed E-state index contributed by atoms with van der Waals surface area (Å²) in [6, 6.07) is 11.8. The van der Waals surface area contributed by atoms with Crippen molar-refractivity contribution in [2.75, 3.05) is 11.9 Å². The van der Waals surface area contributed by atoms with Gasteiger partial charge in [-0.25, -0.2) is 0 Å². The Balaban J connectivity index is 1.72. The number of carbonyl (C=O) groups is 4. The molecule has 7 nitrogen and oxygen atoms in total. The van der Waals surface area contributed by atoms with Crippen LogP contribution in [-0.4, -0.2) is 35.1 Å². The van der Waals surface area contributed by atoms with E-state index in [0.29, 0.717) is 0 Å². The number of imide groups is 1. The van der Waals surface area contributed by atoms with Crippen LogP contribution in [0.25, 0.3) is 0 Å². The molecule has 24 heavy (non-hydrogen) atoms. The van der Waals surface area contributed by atoms with E-state index in [4.69, 9.17) is 0 Å². The number of carboxylic acid groups (broad SMARTS) is 1. The first-order valence-corrected chi connectivity index (χ1v) is 7.04. The number of hydrogen-bond acceptors (Lipinski definition) is 5. The monoisotopic (exact) mass is 323 g/mol. The molecule has 1 N–H and O–H groups in total. The Hall–Kier alpha value is -3.48. The normalized spacial score (nSPS) is 12.9. The van der Waals surface area contributed by atoms with E-state index in [2.05, 4.69) is 5.32 Å². The van der Waals surface area contributed by atoms with Gasteiger partial charge in [-0.1, -0.05) is 24.3 Å². The zero-order valence-corrected chi connectivity index (χ0v) is 12.3. The van der Waals surface area contributed by atoms with Crippen molar-refractivity contribution in [3.05, 3.63) is 65.2 Å². The molecule has 1 aliphatic heterocycles. The maximum absolute atomic E-state index is 12.2. The second kappa shape index (κ2) is 5.96. The number of carbonyl (C=O) groups excluding carboxylic acids is 4. The summed E-state index contributed by atoms with van der Waals surface area (Å²) in [5, 5.41) is 13.3. The van der Waals surface area contributed by atoms with Crippen LogP contribution < -0.4 is 10.4 Å². The minimum Gasteiger partial charge on any atom is -0.545 e. The third-order valence-corrected chi connectivity index (χ3v) is 3.56. The van der Waals surface area contributed by atoms with Gasteiger partial charge in [0.15, 0.2) is 0 Å². The van der Waals surface area contributed by atoms with Crippen molar-refractivity contribution in [2.24, 2.45) is 0 Å². The van der Waals surface area contributed by atoms with Crippen LogP contribution in [0, 0.1) is 0 Å². The third kappa shape index (κ3) is 2.74. The van der Waals surface area contributed by atoms with Crippen LogP contribution in [0.3, 0.4) is 0 Å². The van der Waals surface area contributed by atoms with Gasteiger partial charge in [0, 0.05) is 5.69 Å². The first kappa shape index (κ1) is 15.4. The summed E-state index contributed by atoms with van der Waals surface area (Å²) in [5.41, 5.74) is 0.662. The zero-order valence-electron chi connectivity index (χ0n) is 12.3. The number of fused-ring (bicyclic) bond motifs is 1. The Morgan fingerprint density at radius 3 is 2.17 bits per heavy atom. The van der Waals surface area contributed by atoms with Gasteiger partial charge in [-0.15, -0.1) is 0 Å². The molecular weight excluding hydrogens is 312 g/mol. The molecule has 3 amide bonds. The van der Waals surface area contributed by atoms with Gasteiger partial charge in [0.25, 0.3) is 11.8 Å². The number of carboxylic acids is 1. The van der Waals surface area contributed by atoms with Crippen molar-refractivity contribution in [1.29, 1.82) is 0 Å². The van der Waals surface area contributed by atoms with Crippen LogP contribution in [0.5, 0.6) is 0 Å². The number of rotatable bonds is 4. The Morgan fingerprint density at radius 2 is 1.58 bits per heavy atom. The maximum Gasteiger partial charge on any atom is 0.262 e. The summed E-state index contributed by atoms with van der Waals surface area (Å²) in [5.74, 6) is -3.05.